The number of hydrogen-bond acceptors (Lipinski definition) is 3. The molecule has 0 aliphatic carbocycles. The third-order valence-corrected chi connectivity index (χ3v) is 6.20. The molecule has 2 amide bonds. The molecule has 3 aromatic carbocycles. The highest BCUT2D eigenvalue weighted by Gasteiger charge is 2.29. The van der Waals surface area contributed by atoms with Crippen molar-refractivity contribution in [2.24, 2.45) is 5.41 Å². The Kier molecular flexibility index (Phi) is 8.69. The van der Waals surface area contributed by atoms with Crippen molar-refractivity contribution in [3.8, 4) is 5.75 Å². The van der Waals surface area contributed by atoms with Gasteiger partial charge >= 0.3 is 0 Å². The lowest BCUT2D eigenvalue weighted by molar-refractivity contribution is -0.124. The van der Waals surface area contributed by atoms with Gasteiger partial charge in [-0.2, -0.15) is 0 Å². The summed E-state index contributed by atoms with van der Waals surface area (Å²) < 4.78 is 5.96. The highest BCUT2D eigenvalue weighted by molar-refractivity contribution is 6.11. The third kappa shape index (κ3) is 6.72. The van der Waals surface area contributed by atoms with E-state index in [0.29, 0.717) is 30.8 Å². The highest BCUT2D eigenvalue weighted by atomic mass is 16.5. The molecule has 0 aliphatic heterocycles. The Labute approximate surface area is 209 Å². The predicted octanol–water partition coefficient (Wildman–Crippen LogP) is 6.79. The fourth-order valence-corrected chi connectivity index (χ4v) is 3.94. The fraction of sp³-hybridized carbons (Fsp3) is 0.333. The molecule has 0 unspecified atom stereocenters. The van der Waals surface area contributed by atoms with Gasteiger partial charge in [-0.05, 0) is 75.1 Å². The molecule has 0 radical (unpaired) electrons. The summed E-state index contributed by atoms with van der Waals surface area (Å²) >= 11 is 0. The first-order chi connectivity index (χ1) is 16.7. The normalized spacial score (nSPS) is 11.1. The van der Waals surface area contributed by atoms with Gasteiger partial charge in [0.15, 0.2) is 0 Å². The summed E-state index contributed by atoms with van der Waals surface area (Å²) in [6.45, 7) is 10.9. The molecular formula is C30H36N2O3. The largest absolute Gasteiger partial charge is 0.493 e. The Balaban J connectivity index is 1.64. The van der Waals surface area contributed by atoms with Gasteiger partial charge in [0.2, 0.25) is 5.91 Å². The van der Waals surface area contributed by atoms with E-state index < -0.39 is 5.41 Å². The topological polar surface area (TPSA) is 58.6 Å². The SMILES string of the molecule is CCN(C(=O)c1ccccc1NC(=O)C(C)(C)CCCOc1cc(C)ccc1C)c1ccccc1. The van der Waals surface area contributed by atoms with Crippen LogP contribution in [0, 0.1) is 19.3 Å². The van der Waals surface area contributed by atoms with Crippen LogP contribution in [0.4, 0.5) is 11.4 Å². The zero-order chi connectivity index (χ0) is 25.4. The monoisotopic (exact) mass is 472 g/mol. The first kappa shape index (κ1) is 26.0. The summed E-state index contributed by atoms with van der Waals surface area (Å²) in [5.74, 6) is 0.625. The minimum absolute atomic E-state index is 0.118. The van der Waals surface area contributed by atoms with Crippen molar-refractivity contribution in [2.45, 2.75) is 47.5 Å². The number of carbonyl (C=O) groups is 2. The average molecular weight is 473 g/mol. The molecule has 0 bridgehead atoms. The van der Waals surface area contributed by atoms with Crippen LogP contribution in [-0.2, 0) is 4.79 Å². The molecule has 5 heteroatoms. The second kappa shape index (κ2) is 11.7. The number of nitrogens with zero attached hydrogens (tertiary/aromatic N) is 1. The van der Waals surface area contributed by atoms with Crippen molar-refractivity contribution in [3.63, 3.8) is 0 Å². The Hall–Kier alpha value is -3.60. The minimum atomic E-state index is -0.620. The molecule has 184 valence electrons. The molecule has 3 aromatic rings. The number of hydrogen-bond donors (Lipinski definition) is 1. The lowest BCUT2D eigenvalue weighted by atomic mass is 9.86. The van der Waals surface area contributed by atoms with E-state index in [-0.39, 0.29) is 11.8 Å². The number of rotatable bonds is 10. The molecule has 5 nitrogen and oxygen atoms in total. The van der Waals surface area contributed by atoms with Gasteiger partial charge in [-0.15, -0.1) is 0 Å². The number of anilines is 2. The van der Waals surface area contributed by atoms with Crippen molar-refractivity contribution >= 4 is 23.2 Å². The van der Waals surface area contributed by atoms with Gasteiger partial charge in [-0.3, -0.25) is 9.59 Å². The predicted molar refractivity (Wildman–Crippen MR) is 143 cm³/mol. The Morgan fingerprint density at radius 1 is 0.943 bits per heavy atom. The third-order valence-electron chi connectivity index (χ3n) is 6.20. The lowest BCUT2D eigenvalue weighted by Crippen LogP contribution is -2.34. The van der Waals surface area contributed by atoms with Gasteiger partial charge in [0.25, 0.3) is 5.91 Å². The van der Waals surface area contributed by atoms with E-state index in [1.165, 1.54) is 0 Å². The molecule has 0 spiro atoms. The van der Waals surface area contributed by atoms with E-state index in [1.807, 2.05) is 83.1 Å². The first-order valence-corrected chi connectivity index (χ1v) is 12.2. The van der Waals surface area contributed by atoms with Crippen LogP contribution < -0.4 is 15.0 Å². The number of nitrogens with one attached hydrogen (secondary N) is 1. The number of benzene rings is 3. The van der Waals surface area contributed by atoms with Crippen molar-refractivity contribution in [3.05, 3.63) is 89.5 Å². The van der Waals surface area contributed by atoms with Gasteiger partial charge in [0.05, 0.1) is 17.9 Å². The van der Waals surface area contributed by atoms with Gasteiger partial charge in [0.1, 0.15) is 5.75 Å². The first-order valence-electron chi connectivity index (χ1n) is 12.2. The van der Waals surface area contributed by atoms with Crippen LogP contribution in [0.1, 0.15) is 55.1 Å². The van der Waals surface area contributed by atoms with Crippen molar-refractivity contribution < 1.29 is 14.3 Å². The van der Waals surface area contributed by atoms with Crippen molar-refractivity contribution in [2.75, 3.05) is 23.4 Å². The van der Waals surface area contributed by atoms with E-state index in [9.17, 15) is 9.59 Å². The number of aryl methyl sites for hydroxylation is 2. The van der Waals surface area contributed by atoms with Crippen LogP contribution in [0.3, 0.4) is 0 Å². The quantitative estimate of drug-likeness (QED) is 0.330. The maximum atomic E-state index is 13.4. The maximum absolute atomic E-state index is 13.4. The second-order valence-corrected chi connectivity index (χ2v) is 9.49. The zero-order valence-corrected chi connectivity index (χ0v) is 21.4. The minimum Gasteiger partial charge on any atom is -0.493 e. The van der Waals surface area contributed by atoms with E-state index in [1.54, 1.807) is 17.0 Å². The molecule has 0 saturated carbocycles. The standard InChI is InChI=1S/C30H36N2O3/c1-6-32(24-13-8-7-9-14-24)28(33)25-15-10-11-16-26(25)31-29(34)30(4,5)19-12-20-35-27-21-22(2)17-18-23(27)3/h7-11,13-18,21H,6,12,19-20H2,1-5H3,(H,31,34). The molecule has 0 saturated heterocycles. The second-order valence-electron chi connectivity index (χ2n) is 9.49. The van der Waals surface area contributed by atoms with E-state index in [2.05, 4.69) is 17.4 Å². The molecule has 3 rings (SSSR count). The number of amides is 2. The van der Waals surface area contributed by atoms with Crippen LogP contribution in [0.25, 0.3) is 0 Å². The van der Waals surface area contributed by atoms with Gasteiger partial charge in [-0.25, -0.2) is 0 Å². The smallest absolute Gasteiger partial charge is 0.260 e. The van der Waals surface area contributed by atoms with Crippen LogP contribution in [-0.4, -0.2) is 25.0 Å². The van der Waals surface area contributed by atoms with E-state index in [4.69, 9.17) is 4.74 Å². The summed E-state index contributed by atoms with van der Waals surface area (Å²) in [5, 5.41) is 3.01. The van der Waals surface area contributed by atoms with Crippen LogP contribution in [0.15, 0.2) is 72.8 Å². The summed E-state index contributed by atoms with van der Waals surface area (Å²) in [4.78, 5) is 28.3. The van der Waals surface area contributed by atoms with Gasteiger partial charge in [0, 0.05) is 17.6 Å². The van der Waals surface area contributed by atoms with Crippen molar-refractivity contribution in [1.29, 1.82) is 0 Å². The molecule has 0 atom stereocenters. The zero-order valence-electron chi connectivity index (χ0n) is 21.4. The summed E-state index contributed by atoms with van der Waals surface area (Å²) in [7, 11) is 0. The van der Waals surface area contributed by atoms with E-state index >= 15 is 0 Å². The summed E-state index contributed by atoms with van der Waals surface area (Å²) in [6.07, 6.45) is 1.40. The number of carbonyl (C=O) groups excluding carboxylic acids is 2. The Morgan fingerprint density at radius 3 is 2.34 bits per heavy atom. The van der Waals surface area contributed by atoms with E-state index in [0.717, 1.165) is 29.0 Å². The lowest BCUT2D eigenvalue weighted by Gasteiger charge is -2.26. The van der Waals surface area contributed by atoms with Crippen LogP contribution >= 0.6 is 0 Å². The average Bonchev–Trinajstić information content (AvgIpc) is 2.85. The maximum Gasteiger partial charge on any atom is 0.260 e. The van der Waals surface area contributed by atoms with Crippen molar-refractivity contribution in [1.82, 2.24) is 0 Å². The summed E-state index contributed by atoms with van der Waals surface area (Å²) in [5.41, 5.74) is 3.46. The molecule has 0 aromatic heterocycles. The van der Waals surface area contributed by atoms with Gasteiger partial charge < -0.3 is 15.0 Å². The van der Waals surface area contributed by atoms with Gasteiger partial charge in [-0.1, -0.05) is 56.3 Å². The summed E-state index contributed by atoms with van der Waals surface area (Å²) in [6, 6.07) is 22.9. The molecular weight excluding hydrogens is 436 g/mol. The number of para-hydroxylation sites is 2. The molecule has 0 heterocycles. The molecule has 1 N–H and O–H groups in total. The Morgan fingerprint density at radius 2 is 1.63 bits per heavy atom. The molecule has 35 heavy (non-hydrogen) atoms. The fourth-order valence-electron chi connectivity index (χ4n) is 3.94. The highest BCUT2D eigenvalue weighted by Crippen LogP contribution is 2.28. The van der Waals surface area contributed by atoms with Crippen LogP contribution in [0.2, 0.25) is 0 Å². The molecule has 0 aliphatic rings. The van der Waals surface area contributed by atoms with Crippen LogP contribution in [0.5, 0.6) is 5.75 Å². The molecule has 0 fully saturated rings. The Bertz CT molecular complexity index is 1160. The number of ether oxygens (including phenoxy) is 1.